The standard InChI is InChI=1S/C12H11NO5/c14-10(4-5-11(15)16)13-6-8-2-1-3-9-12(8)18-7-17-9/h1-5H,6-7H2,(H,13,14)(H,15,16)/b5-4+. The minimum atomic E-state index is -1.16. The molecular formula is C12H11NO5. The molecule has 1 amide bonds. The van der Waals surface area contributed by atoms with E-state index in [2.05, 4.69) is 5.32 Å². The minimum Gasteiger partial charge on any atom is -0.478 e. The fourth-order valence-electron chi connectivity index (χ4n) is 1.52. The van der Waals surface area contributed by atoms with E-state index in [-0.39, 0.29) is 13.3 Å². The molecular weight excluding hydrogens is 238 g/mol. The van der Waals surface area contributed by atoms with Gasteiger partial charge in [0.15, 0.2) is 11.5 Å². The number of carbonyl (C=O) groups excluding carboxylic acids is 1. The van der Waals surface area contributed by atoms with Crippen LogP contribution in [0.15, 0.2) is 30.4 Å². The molecule has 0 spiro atoms. The maximum Gasteiger partial charge on any atom is 0.328 e. The fraction of sp³-hybridized carbons (Fsp3) is 0.167. The lowest BCUT2D eigenvalue weighted by Crippen LogP contribution is -2.20. The van der Waals surface area contributed by atoms with Gasteiger partial charge in [0.25, 0.3) is 0 Å². The summed E-state index contributed by atoms with van der Waals surface area (Å²) in [6.07, 6.45) is 1.74. The highest BCUT2D eigenvalue weighted by Gasteiger charge is 2.16. The second-order valence-electron chi connectivity index (χ2n) is 3.54. The molecule has 0 saturated carbocycles. The number of carbonyl (C=O) groups is 2. The van der Waals surface area contributed by atoms with E-state index in [4.69, 9.17) is 14.6 Å². The zero-order valence-corrected chi connectivity index (χ0v) is 9.38. The van der Waals surface area contributed by atoms with Crippen LogP contribution in [-0.4, -0.2) is 23.8 Å². The van der Waals surface area contributed by atoms with E-state index in [9.17, 15) is 9.59 Å². The van der Waals surface area contributed by atoms with Crippen molar-refractivity contribution in [1.82, 2.24) is 5.32 Å². The van der Waals surface area contributed by atoms with E-state index in [0.717, 1.165) is 17.7 Å². The molecule has 2 N–H and O–H groups in total. The molecule has 0 fully saturated rings. The number of nitrogens with one attached hydrogen (secondary N) is 1. The van der Waals surface area contributed by atoms with Gasteiger partial charge in [-0.05, 0) is 6.07 Å². The first-order valence-corrected chi connectivity index (χ1v) is 5.23. The maximum atomic E-state index is 11.3. The Morgan fingerprint density at radius 3 is 2.94 bits per heavy atom. The number of amides is 1. The van der Waals surface area contributed by atoms with E-state index in [0.29, 0.717) is 11.5 Å². The van der Waals surface area contributed by atoms with Gasteiger partial charge in [-0.3, -0.25) is 4.79 Å². The first kappa shape index (κ1) is 12.0. The van der Waals surface area contributed by atoms with Crippen LogP contribution in [0.5, 0.6) is 11.5 Å². The Bertz CT molecular complexity index is 509. The average molecular weight is 249 g/mol. The van der Waals surface area contributed by atoms with Gasteiger partial charge in [0.1, 0.15) is 0 Å². The molecule has 1 heterocycles. The predicted octanol–water partition coefficient (Wildman–Crippen LogP) is 0.672. The van der Waals surface area contributed by atoms with Gasteiger partial charge < -0.3 is 19.9 Å². The summed E-state index contributed by atoms with van der Waals surface area (Å²) < 4.78 is 10.5. The molecule has 0 aromatic heterocycles. The third-order valence-electron chi connectivity index (χ3n) is 2.31. The summed E-state index contributed by atoms with van der Waals surface area (Å²) in [5.41, 5.74) is 0.780. The van der Waals surface area contributed by atoms with Crippen molar-refractivity contribution in [2.75, 3.05) is 6.79 Å². The van der Waals surface area contributed by atoms with Crippen LogP contribution in [-0.2, 0) is 16.1 Å². The molecule has 2 rings (SSSR count). The van der Waals surface area contributed by atoms with Crippen molar-refractivity contribution < 1.29 is 24.2 Å². The molecule has 6 nitrogen and oxygen atoms in total. The molecule has 6 heteroatoms. The van der Waals surface area contributed by atoms with Gasteiger partial charge in [-0.2, -0.15) is 0 Å². The quantitative estimate of drug-likeness (QED) is 0.766. The first-order valence-electron chi connectivity index (χ1n) is 5.23. The highest BCUT2D eigenvalue weighted by atomic mass is 16.7. The van der Waals surface area contributed by atoms with E-state index < -0.39 is 11.9 Å². The normalized spacial score (nSPS) is 12.7. The van der Waals surface area contributed by atoms with Crippen molar-refractivity contribution >= 4 is 11.9 Å². The van der Waals surface area contributed by atoms with Gasteiger partial charge >= 0.3 is 5.97 Å². The minimum absolute atomic E-state index is 0.166. The number of benzene rings is 1. The van der Waals surface area contributed by atoms with Crippen molar-refractivity contribution in [1.29, 1.82) is 0 Å². The Morgan fingerprint density at radius 2 is 2.17 bits per heavy atom. The molecule has 0 aliphatic carbocycles. The van der Waals surface area contributed by atoms with E-state index in [1.54, 1.807) is 18.2 Å². The molecule has 18 heavy (non-hydrogen) atoms. The Labute approximate surface area is 103 Å². The first-order chi connectivity index (χ1) is 8.66. The Morgan fingerprint density at radius 1 is 1.33 bits per heavy atom. The van der Waals surface area contributed by atoms with Gasteiger partial charge in [0, 0.05) is 24.3 Å². The molecule has 1 aromatic carbocycles. The van der Waals surface area contributed by atoms with Gasteiger partial charge in [0.05, 0.1) is 0 Å². The van der Waals surface area contributed by atoms with Crippen LogP contribution in [0.2, 0.25) is 0 Å². The summed E-state index contributed by atoms with van der Waals surface area (Å²) in [5, 5.41) is 10.9. The van der Waals surface area contributed by atoms with E-state index in [1.807, 2.05) is 0 Å². The van der Waals surface area contributed by atoms with Gasteiger partial charge in [0.2, 0.25) is 12.7 Å². The van der Waals surface area contributed by atoms with Gasteiger partial charge in [-0.1, -0.05) is 12.1 Å². The van der Waals surface area contributed by atoms with Crippen molar-refractivity contribution in [2.24, 2.45) is 0 Å². The molecule has 0 unspecified atom stereocenters. The summed E-state index contributed by atoms with van der Waals surface area (Å²) in [4.78, 5) is 21.5. The lowest BCUT2D eigenvalue weighted by molar-refractivity contribution is -0.131. The van der Waals surface area contributed by atoms with E-state index in [1.165, 1.54) is 0 Å². The summed E-state index contributed by atoms with van der Waals surface area (Å²) in [7, 11) is 0. The molecule has 0 atom stereocenters. The van der Waals surface area contributed by atoms with Crippen LogP contribution in [0, 0.1) is 0 Å². The zero-order chi connectivity index (χ0) is 13.0. The highest BCUT2D eigenvalue weighted by molar-refractivity contribution is 5.93. The number of para-hydroxylation sites is 1. The van der Waals surface area contributed by atoms with Crippen LogP contribution < -0.4 is 14.8 Å². The largest absolute Gasteiger partial charge is 0.478 e. The second kappa shape index (κ2) is 5.22. The Kier molecular flexibility index (Phi) is 3.47. The number of carboxylic acid groups (broad SMARTS) is 1. The number of hydrogen-bond donors (Lipinski definition) is 2. The monoisotopic (exact) mass is 249 g/mol. The number of aliphatic carboxylic acids is 1. The molecule has 1 aromatic rings. The predicted molar refractivity (Wildman–Crippen MR) is 61.2 cm³/mol. The SMILES string of the molecule is O=C(O)/C=C/C(=O)NCc1cccc2c1OCO2. The van der Waals surface area contributed by atoms with Crippen LogP contribution in [0.3, 0.4) is 0 Å². The van der Waals surface area contributed by atoms with Crippen LogP contribution in [0.1, 0.15) is 5.56 Å². The molecule has 1 aliphatic heterocycles. The number of hydrogen-bond acceptors (Lipinski definition) is 4. The molecule has 0 radical (unpaired) electrons. The average Bonchev–Trinajstić information content (AvgIpc) is 2.82. The maximum absolute atomic E-state index is 11.3. The summed E-state index contributed by atoms with van der Waals surface area (Å²) in [6.45, 7) is 0.411. The van der Waals surface area contributed by atoms with Gasteiger partial charge in [-0.25, -0.2) is 4.79 Å². The van der Waals surface area contributed by atoms with E-state index >= 15 is 0 Å². The van der Waals surface area contributed by atoms with Crippen molar-refractivity contribution in [3.05, 3.63) is 35.9 Å². The van der Waals surface area contributed by atoms with Crippen LogP contribution in [0.4, 0.5) is 0 Å². The zero-order valence-electron chi connectivity index (χ0n) is 9.38. The van der Waals surface area contributed by atoms with Crippen LogP contribution >= 0.6 is 0 Å². The third kappa shape index (κ3) is 2.79. The van der Waals surface area contributed by atoms with Crippen LogP contribution in [0.25, 0.3) is 0 Å². The van der Waals surface area contributed by atoms with Crippen molar-refractivity contribution in [3.63, 3.8) is 0 Å². The number of carboxylic acids is 1. The molecule has 0 saturated heterocycles. The summed E-state index contributed by atoms with van der Waals surface area (Å²) in [6, 6.07) is 5.37. The van der Waals surface area contributed by atoms with Gasteiger partial charge in [-0.15, -0.1) is 0 Å². The number of fused-ring (bicyclic) bond motifs is 1. The summed E-state index contributed by atoms with van der Waals surface area (Å²) in [5.74, 6) is -0.390. The topological polar surface area (TPSA) is 84.9 Å². The van der Waals surface area contributed by atoms with Crippen molar-refractivity contribution in [3.8, 4) is 11.5 Å². The molecule has 94 valence electrons. The number of ether oxygens (including phenoxy) is 2. The second-order valence-corrected chi connectivity index (χ2v) is 3.54. The lowest BCUT2D eigenvalue weighted by Gasteiger charge is -2.05. The smallest absolute Gasteiger partial charge is 0.328 e. The summed E-state index contributed by atoms with van der Waals surface area (Å²) >= 11 is 0. The highest BCUT2D eigenvalue weighted by Crippen LogP contribution is 2.35. The fourth-order valence-corrected chi connectivity index (χ4v) is 1.52. The molecule has 0 bridgehead atoms. The third-order valence-corrected chi connectivity index (χ3v) is 2.31. The van der Waals surface area contributed by atoms with Crippen molar-refractivity contribution in [2.45, 2.75) is 6.54 Å². The Balaban J connectivity index is 1.97. The Hall–Kier alpha value is -2.50. The molecule has 1 aliphatic rings. The number of rotatable bonds is 4. The lowest BCUT2D eigenvalue weighted by atomic mass is 10.2.